The first kappa shape index (κ1) is 22.3. The lowest BCUT2D eigenvalue weighted by atomic mass is 9.88. The van der Waals surface area contributed by atoms with Gasteiger partial charge >= 0.3 is 0 Å². The highest BCUT2D eigenvalue weighted by atomic mass is 16.3. The van der Waals surface area contributed by atoms with Crippen LogP contribution >= 0.6 is 0 Å². The average Bonchev–Trinajstić information content (AvgIpc) is 2.52. The van der Waals surface area contributed by atoms with Gasteiger partial charge in [-0.15, -0.1) is 0 Å². The highest BCUT2D eigenvalue weighted by Crippen LogP contribution is 2.18. The van der Waals surface area contributed by atoms with Crippen LogP contribution in [0.1, 0.15) is 25.8 Å². The Bertz CT molecular complexity index is 292. The van der Waals surface area contributed by atoms with E-state index < -0.39 is 11.5 Å². The van der Waals surface area contributed by atoms with E-state index >= 15 is 0 Å². The summed E-state index contributed by atoms with van der Waals surface area (Å²) in [5.74, 6) is 0. The van der Waals surface area contributed by atoms with Crippen molar-refractivity contribution in [1.82, 2.24) is 0 Å². The number of benzene rings is 1. The normalized spacial score (nSPS) is 11.6. The molecule has 5 heteroatoms. The van der Waals surface area contributed by atoms with Crippen molar-refractivity contribution in [1.29, 1.82) is 0 Å². The quantitative estimate of drug-likeness (QED) is 0.551. The zero-order valence-electron chi connectivity index (χ0n) is 13.2. The first-order chi connectivity index (χ1) is 9.91. The molecule has 0 bridgehead atoms. The van der Waals surface area contributed by atoms with Gasteiger partial charge < -0.3 is 25.5 Å². The second-order valence-corrected chi connectivity index (χ2v) is 5.01. The monoisotopic (exact) mass is 302 g/mol. The van der Waals surface area contributed by atoms with Crippen LogP contribution in [0.25, 0.3) is 0 Å². The molecule has 5 N–H and O–H groups in total. The Morgan fingerprint density at radius 2 is 1.33 bits per heavy atom. The van der Waals surface area contributed by atoms with Crippen LogP contribution in [0.3, 0.4) is 0 Å². The summed E-state index contributed by atoms with van der Waals surface area (Å²) in [4.78, 5) is 0. The van der Waals surface area contributed by atoms with Crippen molar-refractivity contribution < 1.29 is 25.5 Å². The van der Waals surface area contributed by atoms with Gasteiger partial charge in [-0.05, 0) is 20.3 Å². The van der Waals surface area contributed by atoms with Gasteiger partial charge in [0.1, 0.15) is 0 Å². The zero-order chi connectivity index (χ0) is 16.7. The van der Waals surface area contributed by atoms with Gasteiger partial charge in [-0.1, -0.05) is 42.8 Å². The molecule has 0 saturated heterocycles. The van der Waals surface area contributed by atoms with E-state index in [4.69, 9.17) is 25.5 Å². The molecule has 0 fully saturated rings. The van der Waals surface area contributed by atoms with Gasteiger partial charge in [0.25, 0.3) is 0 Å². The Morgan fingerprint density at radius 1 is 0.952 bits per heavy atom. The zero-order valence-corrected chi connectivity index (χ0v) is 13.2. The van der Waals surface area contributed by atoms with Crippen LogP contribution in [-0.4, -0.2) is 58.1 Å². The number of hydrogen-bond donors (Lipinski definition) is 5. The predicted molar refractivity (Wildman–Crippen MR) is 83.9 cm³/mol. The fourth-order valence-corrected chi connectivity index (χ4v) is 1.02. The summed E-state index contributed by atoms with van der Waals surface area (Å²) >= 11 is 0. The lowest BCUT2D eigenvalue weighted by Crippen LogP contribution is -2.32. The van der Waals surface area contributed by atoms with Crippen LogP contribution in [0, 0.1) is 12.3 Å². The number of aliphatic hydroxyl groups is 5. The molecular formula is C16H30O5. The van der Waals surface area contributed by atoms with Crippen LogP contribution < -0.4 is 0 Å². The van der Waals surface area contributed by atoms with Crippen LogP contribution in [0.15, 0.2) is 30.3 Å². The molecule has 0 heterocycles. The van der Waals surface area contributed by atoms with Gasteiger partial charge in [0.15, 0.2) is 0 Å². The number of rotatable bonds is 5. The van der Waals surface area contributed by atoms with E-state index in [0.717, 1.165) is 0 Å². The second kappa shape index (κ2) is 14.0. The summed E-state index contributed by atoms with van der Waals surface area (Å²) in [5, 5.41) is 42.0. The molecule has 0 spiro atoms. The standard InChI is InChI=1S/C7H8.C6H14O3.C3H8O2/c1-7-5-3-2-4-6-7;1-2-6(3-7,4-8)5-9;1-3(5)2-4/h2-6H,1H3;7-9H,2-5H2,1H3;3-5H,2H2,1H3. The fraction of sp³-hybridized carbons (Fsp3) is 0.625. The lowest BCUT2D eigenvalue weighted by molar-refractivity contribution is 0.00304. The van der Waals surface area contributed by atoms with Gasteiger partial charge in [0.2, 0.25) is 0 Å². The third kappa shape index (κ3) is 12.5. The largest absolute Gasteiger partial charge is 0.396 e. The maximum atomic E-state index is 8.66. The van der Waals surface area contributed by atoms with Crippen LogP contribution in [0.2, 0.25) is 0 Å². The number of aliphatic hydroxyl groups excluding tert-OH is 5. The fourth-order valence-electron chi connectivity index (χ4n) is 1.02. The van der Waals surface area contributed by atoms with Gasteiger partial charge in [-0.25, -0.2) is 0 Å². The molecule has 0 aliphatic carbocycles. The van der Waals surface area contributed by atoms with E-state index in [1.807, 2.05) is 25.1 Å². The molecule has 0 saturated carbocycles. The first-order valence-corrected chi connectivity index (χ1v) is 7.04. The summed E-state index contributed by atoms with van der Waals surface area (Å²) in [6.45, 7) is 4.83. The maximum Gasteiger partial charge on any atom is 0.0742 e. The molecule has 1 atom stereocenters. The summed E-state index contributed by atoms with van der Waals surface area (Å²) in [6, 6.07) is 10.3. The molecule has 0 aliphatic heterocycles. The molecule has 1 aromatic rings. The van der Waals surface area contributed by atoms with E-state index in [1.165, 1.54) is 12.5 Å². The molecular weight excluding hydrogens is 272 g/mol. The maximum absolute atomic E-state index is 8.66. The van der Waals surface area contributed by atoms with Crippen molar-refractivity contribution in [3.05, 3.63) is 35.9 Å². The van der Waals surface area contributed by atoms with Crippen molar-refractivity contribution in [3.63, 3.8) is 0 Å². The van der Waals surface area contributed by atoms with Crippen molar-refractivity contribution >= 4 is 0 Å². The smallest absolute Gasteiger partial charge is 0.0742 e. The minimum absolute atomic E-state index is 0.139. The molecule has 0 aromatic heterocycles. The molecule has 5 nitrogen and oxygen atoms in total. The summed E-state index contributed by atoms with van der Waals surface area (Å²) in [5.41, 5.74) is 0.655. The highest BCUT2D eigenvalue weighted by molar-refractivity contribution is 5.11. The van der Waals surface area contributed by atoms with E-state index in [0.29, 0.717) is 6.42 Å². The number of aryl methyl sites for hydroxylation is 1. The van der Waals surface area contributed by atoms with Crippen molar-refractivity contribution in [2.24, 2.45) is 5.41 Å². The Hall–Kier alpha value is -0.980. The van der Waals surface area contributed by atoms with Crippen molar-refractivity contribution in [2.75, 3.05) is 26.4 Å². The Morgan fingerprint density at radius 3 is 1.43 bits per heavy atom. The highest BCUT2D eigenvalue weighted by Gasteiger charge is 2.24. The summed E-state index contributed by atoms with van der Waals surface area (Å²) in [6.07, 6.45) is 0.0336. The van der Waals surface area contributed by atoms with Crippen LogP contribution in [0.5, 0.6) is 0 Å². The van der Waals surface area contributed by atoms with E-state index in [1.54, 1.807) is 0 Å². The van der Waals surface area contributed by atoms with Crippen molar-refractivity contribution in [2.45, 2.75) is 33.3 Å². The van der Waals surface area contributed by atoms with Gasteiger partial charge in [0.05, 0.1) is 32.5 Å². The van der Waals surface area contributed by atoms with Crippen LogP contribution in [-0.2, 0) is 0 Å². The van der Waals surface area contributed by atoms with Gasteiger partial charge in [-0.3, -0.25) is 0 Å². The van der Waals surface area contributed by atoms with Gasteiger partial charge in [0, 0.05) is 5.41 Å². The third-order valence-corrected chi connectivity index (χ3v) is 2.96. The topological polar surface area (TPSA) is 101 Å². The van der Waals surface area contributed by atoms with E-state index in [2.05, 4.69) is 19.1 Å². The second-order valence-electron chi connectivity index (χ2n) is 5.01. The molecule has 0 aliphatic rings. The molecule has 124 valence electrons. The molecule has 21 heavy (non-hydrogen) atoms. The minimum atomic E-state index is -0.667. The molecule has 1 rings (SSSR count). The van der Waals surface area contributed by atoms with Gasteiger partial charge in [-0.2, -0.15) is 0 Å². The average molecular weight is 302 g/mol. The summed E-state index contributed by atoms with van der Waals surface area (Å²) < 4.78 is 0. The van der Waals surface area contributed by atoms with E-state index in [-0.39, 0.29) is 26.4 Å². The SMILES string of the molecule is CC(O)CO.CCC(CO)(CO)CO.Cc1ccccc1. The molecule has 0 amide bonds. The number of hydrogen-bond acceptors (Lipinski definition) is 5. The van der Waals surface area contributed by atoms with E-state index in [9.17, 15) is 0 Å². The molecule has 0 radical (unpaired) electrons. The Balaban J connectivity index is 0. The first-order valence-electron chi connectivity index (χ1n) is 7.04. The summed E-state index contributed by atoms with van der Waals surface area (Å²) in [7, 11) is 0. The lowest BCUT2D eigenvalue weighted by Gasteiger charge is -2.24. The molecule has 1 unspecified atom stereocenters. The van der Waals surface area contributed by atoms with Crippen LogP contribution in [0.4, 0.5) is 0 Å². The third-order valence-electron chi connectivity index (χ3n) is 2.96. The Kier molecular flexibility index (Phi) is 14.8. The minimum Gasteiger partial charge on any atom is -0.396 e. The predicted octanol–water partition coefficient (Wildman–Crippen LogP) is 0.714. The van der Waals surface area contributed by atoms with Crippen molar-refractivity contribution in [3.8, 4) is 0 Å². The molecule has 1 aromatic carbocycles. The Labute approximate surface area is 127 Å².